The smallest absolute Gasteiger partial charge is 0.334 e. The van der Waals surface area contributed by atoms with Gasteiger partial charge in [0.1, 0.15) is 0 Å². The third-order valence-electron chi connectivity index (χ3n) is 2.17. The van der Waals surface area contributed by atoms with Gasteiger partial charge in [0.2, 0.25) is 5.82 Å². The first-order chi connectivity index (χ1) is 7.30. The highest BCUT2D eigenvalue weighted by molar-refractivity contribution is 9.10. The molecule has 1 aromatic heterocycles. The van der Waals surface area contributed by atoms with E-state index >= 15 is 0 Å². The fraction of sp³-hybridized carbons (Fsp3) is 0.222. The van der Waals surface area contributed by atoms with Crippen LogP contribution in [0.5, 0.6) is 0 Å². The summed E-state index contributed by atoms with van der Waals surface area (Å²) in [7, 11) is 0. The first kappa shape index (κ1) is 11.7. The molecule has 1 aromatic carbocycles. The monoisotopic (exact) mass is 312 g/mol. The highest BCUT2D eigenvalue weighted by Crippen LogP contribution is 2.34. The molecule has 1 heterocycles. The largest absolute Gasteiger partial charge is 0.449 e. The number of imidazole rings is 1. The van der Waals surface area contributed by atoms with Crippen molar-refractivity contribution < 1.29 is 13.2 Å². The number of hydrogen-bond donors (Lipinski definition) is 1. The molecule has 0 amide bonds. The summed E-state index contributed by atoms with van der Waals surface area (Å²) in [6.45, 7) is 1.62. The summed E-state index contributed by atoms with van der Waals surface area (Å²) in [5, 5.41) is 0.368. The van der Waals surface area contributed by atoms with Gasteiger partial charge in [0, 0.05) is 4.47 Å². The molecule has 86 valence electrons. The summed E-state index contributed by atoms with van der Waals surface area (Å²) in [6, 6.07) is 1.48. The quantitative estimate of drug-likeness (QED) is 0.771. The Morgan fingerprint density at radius 3 is 2.62 bits per heavy atom. The molecule has 2 aromatic rings. The van der Waals surface area contributed by atoms with Crippen LogP contribution in [0.2, 0.25) is 5.02 Å². The van der Waals surface area contributed by atoms with E-state index in [-0.39, 0.29) is 5.52 Å². The molecule has 0 aliphatic rings. The summed E-state index contributed by atoms with van der Waals surface area (Å²) in [5.41, 5.74) is 1.06. The Morgan fingerprint density at radius 1 is 1.44 bits per heavy atom. The summed E-state index contributed by atoms with van der Waals surface area (Å²) in [4.78, 5) is 5.72. The number of aryl methyl sites for hydroxylation is 1. The number of nitrogens with one attached hydrogen (secondary N) is 1. The maximum absolute atomic E-state index is 12.4. The fourth-order valence-electron chi connectivity index (χ4n) is 1.38. The summed E-state index contributed by atoms with van der Waals surface area (Å²) < 4.78 is 37.8. The van der Waals surface area contributed by atoms with E-state index in [0.717, 1.165) is 0 Å². The maximum atomic E-state index is 12.4. The molecule has 0 saturated carbocycles. The molecule has 0 atom stereocenters. The molecule has 0 radical (unpaired) electrons. The molecule has 2 nitrogen and oxygen atoms in total. The minimum Gasteiger partial charge on any atom is -0.334 e. The minimum atomic E-state index is -4.48. The van der Waals surface area contributed by atoms with E-state index in [1.54, 1.807) is 6.92 Å². The number of fused-ring (bicyclic) bond motifs is 1. The Hall–Kier alpha value is -0.750. The lowest BCUT2D eigenvalue weighted by Gasteiger charge is -2.00. The summed E-state index contributed by atoms with van der Waals surface area (Å²) in [6.07, 6.45) is -4.48. The number of rotatable bonds is 0. The molecule has 16 heavy (non-hydrogen) atoms. The zero-order valence-corrected chi connectivity index (χ0v) is 10.3. The lowest BCUT2D eigenvalue weighted by Crippen LogP contribution is -2.06. The fourth-order valence-corrected chi connectivity index (χ4v) is 2.05. The van der Waals surface area contributed by atoms with Gasteiger partial charge in [0.05, 0.1) is 16.1 Å². The Kier molecular flexibility index (Phi) is 2.66. The molecule has 0 bridgehead atoms. The average Bonchev–Trinajstić information content (AvgIpc) is 2.57. The summed E-state index contributed by atoms with van der Waals surface area (Å²) >= 11 is 9.06. The molecule has 0 aliphatic heterocycles. The molecule has 0 fully saturated rings. The number of H-pyrrole nitrogens is 1. The second kappa shape index (κ2) is 3.63. The van der Waals surface area contributed by atoms with Crippen LogP contribution in [-0.2, 0) is 6.18 Å². The molecule has 7 heteroatoms. The van der Waals surface area contributed by atoms with Crippen LogP contribution in [0.25, 0.3) is 11.0 Å². The van der Waals surface area contributed by atoms with Crippen LogP contribution in [0.1, 0.15) is 11.4 Å². The number of halogens is 5. The molecule has 0 unspecified atom stereocenters. The summed E-state index contributed by atoms with van der Waals surface area (Å²) in [5.74, 6) is -1.01. The standard InChI is InChI=1S/C9H5BrClF3N2/c1-3-6(11)4(10)2-5-7(3)16-8(15-5)9(12,13)14/h2H,1H3,(H,15,16). The lowest BCUT2D eigenvalue weighted by atomic mass is 10.2. The van der Waals surface area contributed by atoms with E-state index in [9.17, 15) is 13.2 Å². The van der Waals surface area contributed by atoms with E-state index < -0.39 is 12.0 Å². The van der Waals surface area contributed by atoms with Crippen LogP contribution in [0.4, 0.5) is 13.2 Å². The predicted molar refractivity (Wildman–Crippen MR) is 58.5 cm³/mol. The minimum absolute atomic E-state index is 0.237. The van der Waals surface area contributed by atoms with Gasteiger partial charge in [-0.2, -0.15) is 13.2 Å². The van der Waals surface area contributed by atoms with Crippen molar-refractivity contribution in [1.82, 2.24) is 9.97 Å². The Morgan fingerprint density at radius 2 is 2.06 bits per heavy atom. The molecule has 0 saturated heterocycles. The molecule has 0 aliphatic carbocycles. The van der Waals surface area contributed by atoms with Crippen LogP contribution >= 0.6 is 27.5 Å². The molecule has 0 spiro atoms. The van der Waals surface area contributed by atoms with Crippen molar-refractivity contribution in [3.8, 4) is 0 Å². The van der Waals surface area contributed by atoms with Crippen molar-refractivity contribution in [2.45, 2.75) is 13.1 Å². The number of aromatic amines is 1. The van der Waals surface area contributed by atoms with Gasteiger partial charge in [-0.15, -0.1) is 0 Å². The van der Waals surface area contributed by atoms with Crippen LogP contribution in [-0.4, -0.2) is 9.97 Å². The van der Waals surface area contributed by atoms with Gasteiger partial charge in [-0.05, 0) is 34.5 Å². The molecule has 2 rings (SSSR count). The van der Waals surface area contributed by atoms with E-state index in [1.165, 1.54) is 6.07 Å². The van der Waals surface area contributed by atoms with Crippen LogP contribution in [0, 0.1) is 6.92 Å². The van der Waals surface area contributed by atoms with E-state index in [4.69, 9.17) is 11.6 Å². The van der Waals surface area contributed by atoms with Gasteiger partial charge in [-0.1, -0.05) is 11.6 Å². The Labute approximate surface area is 102 Å². The molecule has 1 N–H and O–H groups in total. The molecular formula is C9H5BrClF3N2. The van der Waals surface area contributed by atoms with Gasteiger partial charge < -0.3 is 4.98 Å². The van der Waals surface area contributed by atoms with Crippen molar-refractivity contribution in [2.75, 3.05) is 0 Å². The van der Waals surface area contributed by atoms with E-state index in [1.807, 2.05) is 0 Å². The number of aromatic nitrogens is 2. The predicted octanol–water partition coefficient (Wildman–Crippen LogP) is 4.31. The van der Waals surface area contributed by atoms with Gasteiger partial charge >= 0.3 is 6.18 Å². The van der Waals surface area contributed by atoms with Gasteiger partial charge in [0.15, 0.2) is 0 Å². The first-order valence-electron chi connectivity index (χ1n) is 4.22. The van der Waals surface area contributed by atoms with Crippen molar-refractivity contribution >= 4 is 38.6 Å². The lowest BCUT2D eigenvalue weighted by molar-refractivity contribution is -0.144. The van der Waals surface area contributed by atoms with Gasteiger partial charge in [-0.25, -0.2) is 4.98 Å². The number of hydrogen-bond acceptors (Lipinski definition) is 1. The average molecular weight is 314 g/mol. The molecular weight excluding hydrogens is 308 g/mol. The zero-order valence-electron chi connectivity index (χ0n) is 7.91. The normalized spacial score (nSPS) is 12.4. The van der Waals surface area contributed by atoms with Gasteiger partial charge in [0.25, 0.3) is 0 Å². The van der Waals surface area contributed by atoms with Crippen LogP contribution in [0.3, 0.4) is 0 Å². The Bertz CT molecular complexity index is 562. The SMILES string of the molecule is Cc1c(Cl)c(Br)cc2[nH]c(C(F)(F)F)nc12. The highest BCUT2D eigenvalue weighted by atomic mass is 79.9. The van der Waals surface area contributed by atoms with Crippen molar-refractivity contribution in [3.05, 3.63) is 26.9 Å². The highest BCUT2D eigenvalue weighted by Gasteiger charge is 2.35. The van der Waals surface area contributed by atoms with Crippen LogP contribution < -0.4 is 0 Å². The second-order valence-corrected chi connectivity index (χ2v) is 4.51. The van der Waals surface area contributed by atoms with Crippen molar-refractivity contribution in [1.29, 1.82) is 0 Å². The Balaban J connectivity index is 2.77. The third-order valence-corrected chi connectivity index (χ3v) is 3.51. The van der Waals surface area contributed by atoms with Crippen molar-refractivity contribution in [2.24, 2.45) is 0 Å². The van der Waals surface area contributed by atoms with E-state index in [0.29, 0.717) is 20.6 Å². The third kappa shape index (κ3) is 1.80. The zero-order chi connectivity index (χ0) is 12.1. The van der Waals surface area contributed by atoms with E-state index in [2.05, 4.69) is 25.9 Å². The van der Waals surface area contributed by atoms with Crippen LogP contribution in [0.15, 0.2) is 10.5 Å². The van der Waals surface area contributed by atoms with Gasteiger partial charge in [-0.3, -0.25) is 0 Å². The topological polar surface area (TPSA) is 28.7 Å². The number of benzene rings is 1. The maximum Gasteiger partial charge on any atom is 0.449 e. The first-order valence-corrected chi connectivity index (χ1v) is 5.39. The number of alkyl halides is 3. The number of nitrogens with zero attached hydrogens (tertiary/aromatic N) is 1. The van der Waals surface area contributed by atoms with Crippen molar-refractivity contribution in [3.63, 3.8) is 0 Å². The second-order valence-electron chi connectivity index (χ2n) is 3.28.